The van der Waals surface area contributed by atoms with Crippen LogP contribution < -0.4 is 10.6 Å². The molecule has 2 N–H and O–H groups in total. The molecule has 6 heteroatoms. The maximum atomic E-state index is 12.7. The third kappa shape index (κ3) is 3.55. The number of amides is 2. The molecule has 0 aromatic heterocycles. The summed E-state index contributed by atoms with van der Waals surface area (Å²) < 4.78 is 0. The van der Waals surface area contributed by atoms with E-state index >= 15 is 0 Å². The highest BCUT2D eigenvalue weighted by Crippen LogP contribution is 2.30. The van der Waals surface area contributed by atoms with Crippen LogP contribution in [0.4, 0.5) is 0 Å². The fraction of sp³-hybridized carbons (Fsp3) is 0.579. The maximum Gasteiger partial charge on any atom is 0.243 e. The van der Waals surface area contributed by atoms with Gasteiger partial charge >= 0.3 is 0 Å². The first kappa shape index (κ1) is 16.9. The standard InChI is InChI=1S/C19H25N3O2S/c23-18(21-8-13-5-6-15-9-20-10-16(15)7-13)17-11-25-12-22(17)19(24)14-3-1-2-4-14/h5-7,14,17,20H,1-4,8-12H2,(H,21,23). The monoisotopic (exact) mass is 359 g/mol. The van der Waals surface area contributed by atoms with Gasteiger partial charge in [0.15, 0.2) is 0 Å². The van der Waals surface area contributed by atoms with Crippen molar-refractivity contribution in [3.63, 3.8) is 0 Å². The van der Waals surface area contributed by atoms with Crippen molar-refractivity contribution in [1.82, 2.24) is 15.5 Å². The number of nitrogens with one attached hydrogen (secondary N) is 2. The molecule has 3 aliphatic rings. The summed E-state index contributed by atoms with van der Waals surface area (Å²) in [6.07, 6.45) is 4.25. The molecule has 1 unspecified atom stereocenters. The van der Waals surface area contributed by atoms with Crippen molar-refractivity contribution in [3.05, 3.63) is 34.9 Å². The van der Waals surface area contributed by atoms with E-state index in [1.165, 1.54) is 11.1 Å². The lowest BCUT2D eigenvalue weighted by atomic mass is 10.1. The zero-order valence-electron chi connectivity index (χ0n) is 14.4. The molecular weight excluding hydrogens is 334 g/mol. The van der Waals surface area contributed by atoms with Crippen LogP contribution >= 0.6 is 11.8 Å². The summed E-state index contributed by atoms with van der Waals surface area (Å²) in [6.45, 7) is 2.36. The van der Waals surface area contributed by atoms with Crippen molar-refractivity contribution in [3.8, 4) is 0 Å². The van der Waals surface area contributed by atoms with Crippen LogP contribution in [-0.2, 0) is 29.2 Å². The van der Waals surface area contributed by atoms with E-state index in [-0.39, 0.29) is 23.8 Å². The Bertz CT molecular complexity index is 673. The molecule has 2 amide bonds. The fourth-order valence-corrected chi connectivity index (χ4v) is 5.21. The van der Waals surface area contributed by atoms with Gasteiger partial charge in [0.25, 0.3) is 0 Å². The molecule has 2 aliphatic heterocycles. The van der Waals surface area contributed by atoms with Crippen molar-refractivity contribution < 1.29 is 9.59 Å². The second-order valence-corrected chi connectivity index (χ2v) is 8.23. The predicted molar refractivity (Wildman–Crippen MR) is 98.7 cm³/mol. The van der Waals surface area contributed by atoms with Gasteiger partial charge in [0.05, 0.1) is 5.88 Å². The minimum Gasteiger partial charge on any atom is -0.350 e. The Morgan fingerprint density at radius 3 is 2.84 bits per heavy atom. The van der Waals surface area contributed by atoms with E-state index in [4.69, 9.17) is 0 Å². The molecule has 25 heavy (non-hydrogen) atoms. The molecule has 1 aliphatic carbocycles. The van der Waals surface area contributed by atoms with Gasteiger partial charge in [-0.25, -0.2) is 0 Å². The average Bonchev–Trinajstić information content (AvgIpc) is 3.39. The minimum atomic E-state index is -0.311. The molecule has 2 fully saturated rings. The average molecular weight is 359 g/mol. The second kappa shape index (κ2) is 7.38. The van der Waals surface area contributed by atoms with E-state index < -0.39 is 0 Å². The van der Waals surface area contributed by atoms with Gasteiger partial charge in [-0.05, 0) is 29.5 Å². The van der Waals surface area contributed by atoms with Gasteiger partial charge in [0.1, 0.15) is 6.04 Å². The Labute approximate surface area is 152 Å². The number of fused-ring (bicyclic) bond motifs is 1. The Morgan fingerprint density at radius 2 is 2.00 bits per heavy atom. The quantitative estimate of drug-likeness (QED) is 0.863. The molecule has 4 rings (SSSR count). The third-order valence-corrected chi connectivity index (χ3v) is 6.55. The van der Waals surface area contributed by atoms with E-state index in [0.717, 1.165) is 44.3 Å². The minimum absolute atomic E-state index is 0.0185. The van der Waals surface area contributed by atoms with Crippen molar-refractivity contribution in [2.24, 2.45) is 5.92 Å². The number of thioether (sulfide) groups is 1. The number of nitrogens with zero attached hydrogens (tertiary/aromatic N) is 1. The zero-order valence-corrected chi connectivity index (χ0v) is 15.2. The largest absolute Gasteiger partial charge is 0.350 e. The molecule has 5 nitrogen and oxygen atoms in total. The molecule has 1 atom stereocenters. The highest BCUT2D eigenvalue weighted by molar-refractivity contribution is 7.99. The van der Waals surface area contributed by atoms with Gasteiger partial charge in [0.2, 0.25) is 11.8 Å². The highest BCUT2D eigenvalue weighted by atomic mass is 32.2. The van der Waals surface area contributed by atoms with E-state index in [1.807, 2.05) is 4.90 Å². The first-order chi connectivity index (χ1) is 12.2. The summed E-state index contributed by atoms with van der Waals surface area (Å²) in [5.74, 6) is 1.66. The summed E-state index contributed by atoms with van der Waals surface area (Å²) in [5.41, 5.74) is 3.78. The number of hydrogen-bond acceptors (Lipinski definition) is 4. The number of benzene rings is 1. The summed E-state index contributed by atoms with van der Waals surface area (Å²) in [7, 11) is 0. The van der Waals surface area contributed by atoms with Crippen molar-refractivity contribution in [2.75, 3.05) is 11.6 Å². The lowest BCUT2D eigenvalue weighted by molar-refractivity contribution is -0.141. The molecule has 1 saturated carbocycles. The number of carbonyl (C=O) groups excluding carboxylic acids is 2. The lowest BCUT2D eigenvalue weighted by Gasteiger charge is -2.25. The van der Waals surface area contributed by atoms with Crippen LogP contribution in [0.2, 0.25) is 0 Å². The summed E-state index contributed by atoms with van der Waals surface area (Å²) >= 11 is 1.68. The Kier molecular flexibility index (Phi) is 4.99. The third-order valence-electron chi connectivity index (χ3n) is 5.54. The lowest BCUT2D eigenvalue weighted by Crippen LogP contribution is -2.48. The first-order valence-electron chi connectivity index (χ1n) is 9.20. The summed E-state index contributed by atoms with van der Waals surface area (Å²) in [6, 6.07) is 6.07. The summed E-state index contributed by atoms with van der Waals surface area (Å²) in [4.78, 5) is 27.1. The van der Waals surface area contributed by atoms with Crippen LogP contribution in [0.3, 0.4) is 0 Å². The molecule has 1 saturated heterocycles. The maximum absolute atomic E-state index is 12.7. The topological polar surface area (TPSA) is 61.4 Å². The fourth-order valence-electron chi connectivity index (χ4n) is 4.05. The van der Waals surface area contributed by atoms with Gasteiger partial charge in [-0.1, -0.05) is 31.0 Å². The SMILES string of the molecule is O=C(NCc1ccc2c(c1)CNC2)C1CSCN1C(=O)C1CCCC1. The number of rotatable bonds is 4. The van der Waals surface area contributed by atoms with Gasteiger partial charge in [-0.3, -0.25) is 9.59 Å². The predicted octanol–water partition coefficient (Wildman–Crippen LogP) is 2.00. The highest BCUT2D eigenvalue weighted by Gasteiger charge is 2.38. The molecular formula is C19H25N3O2S. The van der Waals surface area contributed by atoms with Gasteiger partial charge in [0, 0.05) is 31.3 Å². The van der Waals surface area contributed by atoms with Crippen LogP contribution in [0.25, 0.3) is 0 Å². The van der Waals surface area contributed by atoms with Crippen LogP contribution in [-0.4, -0.2) is 34.4 Å². The molecule has 134 valence electrons. The van der Waals surface area contributed by atoms with Crippen LogP contribution in [0, 0.1) is 5.92 Å². The number of carbonyl (C=O) groups is 2. The Balaban J connectivity index is 1.36. The molecule has 0 spiro atoms. The zero-order chi connectivity index (χ0) is 17.2. The summed E-state index contributed by atoms with van der Waals surface area (Å²) in [5, 5.41) is 6.38. The molecule has 1 aromatic carbocycles. The van der Waals surface area contributed by atoms with E-state index in [1.54, 1.807) is 11.8 Å². The van der Waals surface area contributed by atoms with Crippen LogP contribution in [0.15, 0.2) is 18.2 Å². The van der Waals surface area contributed by atoms with E-state index in [2.05, 4.69) is 28.8 Å². The van der Waals surface area contributed by atoms with E-state index in [0.29, 0.717) is 18.2 Å². The second-order valence-electron chi connectivity index (χ2n) is 7.23. The normalized spacial score (nSPS) is 23.0. The van der Waals surface area contributed by atoms with Gasteiger partial charge in [-0.15, -0.1) is 11.8 Å². The van der Waals surface area contributed by atoms with Gasteiger partial charge < -0.3 is 15.5 Å². The first-order valence-corrected chi connectivity index (χ1v) is 10.3. The van der Waals surface area contributed by atoms with Gasteiger partial charge in [-0.2, -0.15) is 0 Å². The van der Waals surface area contributed by atoms with Crippen molar-refractivity contribution in [2.45, 2.75) is 51.4 Å². The smallest absolute Gasteiger partial charge is 0.243 e. The van der Waals surface area contributed by atoms with Crippen LogP contribution in [0.5, 0.6) is 0 Å². The Morgan fingerprint density at radius 1 is 1.20 bits per heavy atom. The molecule has 0 radical (unpaired) electrons. The van der Waals surface area contributed by atoms with Crippen LogP contribution in [0.1, 0.15) is 42.4 Å². The van der Waals surface area contributed by atoms with E-state index in [9.17, 15) is 9.59 Å². The molecule has 0 bridgehead atoms. The molecule has 1 aromatic rings. The number of hydrogen-bond donors (Lipinski definition) is 2. The van der Waals surface area contributed by atoms with Crippen molar-refractivity contribution >= 4 is 23.6 Å². The van der Waals surface area contributed by atoms with Crippen molar-refractivity contribution in [1.29, 1.82) is 0 Å². The Hall–Kier alpha value is -1.53. The molecule has 2 heterocycles.